The van der Waals surface area contributed by atoms with Crippen LogP contribution in [0.25, 0.3) is 22.1 Å². The lowest BCUT2D eigenvalue weighted by atomic mass is 9.36. The molecule has 0 unspecified atom stereocenters. The molecule has 0 bridgehead atoms. The van der Waals surface area contributed by atoms with E-state index >= 15 is 0 Å². The average molecular weight is 765 g/mol. The van der Waals surface area contributed by atoms with E-state index in [1.54, 1.807) is 0 Å². The summed E-state index contributed by atoms with van der Waals surface area (Å²) < 4.78 is 5.47. The lowest BCUT2D eigenvalue weighted by molar-refractivity contribution is 0.590. The quantitative estimate of drug-likeness (QED) is 0.166. The van der Waals surface area contributed by atoms with E-state index in [9.17, 15) is 0 Å². The van der Waals surface area contributed by atoms with Crippen LogP contribution in [0, 0.1) is 0 Å². The Hall–Kier alpha value is -6.20. The zero-order valence-corrected chi connectivity index (χ0v) is 34.4. The largest absolute Gasteiger partial charge is 0.323 e. The van der Waals surface area contributed by atoms with E-state index in [-0.39, 0.29) is 12.1 Å². The Bertz CT molecular complexity index is 2930. The Morgan fingerprint density at radius 1 is 0.458 bits per heavy atom. The summed E-state index contributed by atoms with van der Waals surface area (Å²) in [6.45, 7) is 7.15. The van der Waals surface area contributed by atoms with Gasteiger partial charge in [0.1, 0.15) is 0 Å². The highest BCUT2D eigenvalue weighted by atomic mass is 15.2. The molecule has 0 saturated heterocycles. The summed E-state index contributed by atoms with van der Waals surface area (Å²) in [4.78, 5) is 5.42. The summed E-state index contributed by atoms with van der Waals surface area (Å²) in [6, 6.07) is 55.0. The smallest absolute Gasteiger partial charge is 0.294 e. The number of benzene rings is 6. The molecule has 5 heteroatoms. The first-order valence-corrected chi connectivity index (χ1v) is 21.9. The number of nitrogens with zero attached hydrogens (tertiary/aromatic N) is 4. The summed E-state index contributed by atoms with van der Waals surface area (Å²) in [7, 11) is 0. The third-order valence-corrected chi connectivity index (χ3v) is 13.8. The van der Waals surface area contributed by atoms with E-state index in [0.29, 0.717) is 0 Å². The Labute approximate surface area is 348 Å². The predicted octanol–water partition coefficient (Wildman–Crippen LogP) is 11.6. The van der Waals surface area contributed by atoms with Crippen molar-refractivity contribution in [1.29, 1.82) is 0 Å². The van der Waals surface area contributed by atoms with Gasteiger partial charge in [-0.3, -0.25) is 0 Å². The van der Waals surface area contributed by atoms with Gasteiger partial charge < -0.3 is 18.9 Å². The molecular formula is C54H49BN4. The Balaban J connectivity index is 1.32. The maximum Gasteiger partial charge on any atom is 0.294 e. The van der Waals surface area contributed by atoms with E-state index in [4.69, 9.17) is 0 Å². The van der Waals surface area contributed by atoms with Crippen molar-refractivity contribution in [3.63, 3.8) is 0 Å². The summed E-state index contributed by atoms with van der Waals surface area (Å²) in [5.41, 5.74) is 21.9. The van der Waals surface area contributed by atoms with Crippen LogP contribution in [0.5, 0.6) is 0 Å². The van der Waals surface area contributed by atoms with Crippen molar-refractivity contribution in [2.75, 3.05) is 9.80 Å². The summed E-state index contributed by atoms with van der Waals surface area (Å²) in [5.74, 6) is 0. The molecule has 0 N–H and O–H groups in total. The van der Waals surface area contributed by atoms with Crippen molar-refractivity contribution >= 4 is 68.3 Å². The molecule has 2 aromatic heterocycles. The van der Waals surface area contributed by atoms with Gasteiger partial charge in [0.15, 0.2) is 0 Å². The second kappa shape index (κ2) is 13.2. The number of rotatable bonds is 4. The van der Waals surface area contributed by atoms with Gasteiger partial charge >= 0.3 is 0 Å². The molecule has 0 spiro atoms. The van der Waals surface area contributed by atoms with Crippen molar-refractivity contribution in [2.24, 2.45) is 0 Å². The SMILES string of the molecule is CC(C)(C)c1cc2c3c(c1)N(c1cccc4ccccc14)c1c4c(n(-c5ccccc5)c1B3c1c(c3c(n1-c1ccccc1)CCCC3)N2c1ccccc1)CCCC4. The van der Waals surface area contributed by atoms with Gasteiger partial charge in [-0.25, -0.2) is 0 Å². The molecule has 288 valence electrons. The number of anilines is 6. The average Bonchev–Trinajstić information content (AvgIpc) is 3.80. The second-order valence-electron chi connectivity index (χ2n) is 18.2. The third kappa shape index (κ3) is 5.10. The molecule has 4 nitrogen and oxygen atoms in total. The Kier molecular flexibility index (Phi) is 7.76. The third-order valence-electron chi connectivity index (χ3n) is 13.8. The molecule has 6 aromatic carbocycles. The van der Waals surface area contributed by atoms with Gasteiger partial charge in [-0.1, -0.05) is 112 Å². The minimum atomic E-state index is -0.0842. The molecule has 0 radical (unpaired) electrons. The summed E-state index contributed by atoms with van der Waals surface area (Å²) in [5, 5.41) is 2.55. The van der Waals surface area contributed by atoms with E-state index < -0.39 is 0 Å². The highest BCUT2D eigenvalue weighted by Gasteiger charge is 2.51. The van der Waals surface area contributed by atoms with Crippen LogP contribution in [0.3, 0.4) is 0 Å². The lowest BCUT2D eigenvalue weighted by Gasteiger charge is -2.44. The number of fused-ring (bicyclic) bond motifs is 9. The fourth-order valence-electron chi connectivity index (χ4n) is 11.2. The van der Waals surface area contributed by atoms with Crippen LogP contribution in [0.2, 0.25) is 0 Å². The van der Waals surface area contributed by atoms with E-state index in [1.165, 1.54) is 127 Å². The van der Waals surface area contributed by atoms with Gasteiger partial charge in [-0.05, 0) is 139 Å². The number of hydrogen-bond acceptors (Lipinski definition) is 2. The number of aromatic nitrogens is 2. The topological polar surface area (TPSA) is 16.3 Å². The Morgan fingerprint density at radius 2 is 0.932 bits per heavy atom. The van der Waals surface area contributed by atoms with Gasteiger partial charge in [0, 0.05) is 56.4 Å². The molecule has 0 fully saturated rings. The standard InChI is InChI=1S/C54H49BN4/c1-54(2,3)37-34-47-49-48(35-37)59(44-33-19-21-36-20-13-14-28-41(36)44)51-43-30-16-18-32-46(43)58(40-26-11-6-12-27-40)53(51)55(49)52-50(56(47)38-22-7-4-8-23-38)42-29-15-17-31-45(42)57(52)39-24-9-5-10-25-39/h4-14,19-28,33-35H,15-18,29-32H2,1-3H3. The van der Waals surface area contributed by atoms with Crippen molar-refractivity contribution in [3.8, 4) is 11.4 Å². The van der Waals surface area contributed by atoms with Crippen LogP contribution in [0.1, 0.15) is 74.5 Å². The molecule has 8 aromatic rings. The molecule has 4 aliphatic rings. The van der Waals surface area contributed by atoms with Gasteiger partial charge in [0.25, 0.3) is 6.71 Å². The van der Waals surface area contributed by atoms with Crippen LogP contribution >= 0.6 is 0 Å². The highest BCUT2D eigenvalue weighted by Crippen LogP contribution is 2.52. The van der Waals surface area contributed by atoms with Crippen LogP contribution in [-0.4, -0.2) is 15.8 Å². The zero-order chi connectivity index (χ0) is 39.4. The van der Waals surface area contributed by atoms with Crippen LogP contribution in [0.4, 0.5) is 34.1 Å². The lowest BCUT2D eigenvalue weighted by Crippen LogP contribution is -2.64. The molecule has 12 rings (SSSR count). The first-order chi connectivity index (χ1) is 29.0. The first-order valence-electron chi connectivity index (χ1n) is 21.9. The maximum atomic E-state index is 2.74. The zero-order valence-electron chi connectivity index (χ0n) is 34.4. The van der Waals surface area contributed by atoms with E-state index in [2.05, 4.69) is 185 Å². The minimum absolute atomic E-state index is 0.0122. The fraction of sp³-hybridized carbons (Fsp3) is 0.222. The highest BCUT2D eigenvalue weighted by molar-refractivity contribution is 7.00. The molecule has 2 aliphatic carbocycles. The molecule has 0 saturated carbocycles. The van der Waals surface area contributed by atoms with E-state index in [0.717, 1.165) is 25.7 Å². The predicted molar refractivity (Wildman–Crippen MR) is 249 cm³/mol. The van der Waals surface area contributed by atoms with E-state index in [1.807, 2.05) is 0 Å². The molecule has 0 atom stereocenters. The van der Waals surface area contributed by atoms with Crippen molar-refractivity contribution in [1.82, 2.24) is 9.13 Å². The second-order valence-corrected chi connectivity index (χ2v) is 18.2. The normalized spacial score (nSPS) is 15.4. The van der Waals surface area contributed by atoms with Gasteiger partial charge in [-0.15, -0.1) is 0 Å². The molecular weight excluding hydrogens is 715 g/mol. The van der Waals surface area contributed by atoms with Crippen molar-refractivity contribution < 1.29 is 0 Å². The molecule has 2 aliphatic heterocycles. The van der Waals surface area contributed by atoms with Gasteiger partial charge in [0.05, 0.1) is 17.1 Å². The number of hydrogen-bond donors (Lipinski definition) is 0. The first kappa shape index (κ1) is 34.8. The van der Waals surface area contributed by atoms with Crippen LogP contribution in [0.15, 0.2) is 146 Å². The molecule has 59 heavy (non-hydrogen) atoms. The minimum Gasteiger partial charge on any atom is -0.323 e. The van der Waals surface area contributed by atoms with Crippen molar-refractivity contribution in [2.45, 2.75) is 77.6 Å². The fourth-order valence-corrected chi connectivity index (χ4v) is 11.2. The molecule has 4 heterocycles. The van der Waals surface area contributed by atoms with Crippen LogP contribution in [-0.2, 0) is 31.1 Å². The summed E-state index contributed by atoms with van der Waals surface area (Å²) in [6.07, 6.45) is 9.13. The van der Waals surface area contributed by atoms with Gasteiger partial charge in [-0.2, -0.15) is 0 Å². The van der Waals surface area contributed by atoms with Crippen molar-refractivity contribution in [3.05, 3.63) is 174 Å². The van der Waals surface area contributed by atoms with Gasteiger partial charge in [0.2, 0.25) is 0 Å². The summed E-state index contributed by atoms with van der Waals surface area (Å²) >= 11 is 0. The Morgan fingerprint density at radius 3 is 1.51 bits per heavy atom. The number of para-hydroxylation sites is 3. The van der Waals surface area contributed by atoms with Crippen LogP contribution < -0.4 is 26.4 Å². The molecule has 0 amide bonds. The maximum absolute atomic E-state index is 2.74. The monoisotopic (exact) mass is 764 g/mol.